The molecule has 1 aromatic carbocycles. The molecule has 0 saturated carbocycles. The first-order chi connectivity index (χ1) is 10.1. The van der Waals surface area contributed by atoms with Crippen LogP contribution in [0.15, 0.2) is 18.2 Å². The van der Waals surface area contributed by atoms with Crippen molar-refractivity contribution in [2.24, 2.45) is 0 Å². The molecule has 1 amide bonds. The van der Waals surface area contributed by atoms with E-state index in [0.29, 0.717) is 43.4 Å². The molecule has 0 bridgehead atoms. The molecule has 21 heavy (non-hydrogen) atoms. The fraction of sp³-hybridized carbons (Fsp3) is 0.533. The number of methoxy groups -OCH3 is 1. The minimum Gasteiger partial charge on any atom is -0.492 e. The van der Waals surface area contributed by atoms with E-state index in [-0.39, 0.29) is 5.91 Å². The minimum atomic E-state index is -0.424. The van der Waals surface area contributed by atoms with Crippen molar-refractivity contribution in [3.63, 3.8) is 0 Å². The summed E-state index contributed by atoms with van der Waals surface area (Å²) in [7, 11) is 1.63. The van der Waals surface area contributed by atoms with Crippen LogP contribution in [-0.2, 0) is 9.47 Å². The van der Waals surface area contributed by atoms with E-state index in [0.717, 1.165) is 6.42 Å². The minimum absolute atomic E-state index is 0.187. The molecule has 1 aliphatic heterocycles. The number of carbonyl (C=O) groups is 1. The van der Waals surface area contributed by atoms with Gasteiger partial charge in [-0.2, -0.15) is 0 Å². The molecule has 1 saturated heterocycles. The third-order valence-corrected chi connectivity index (χ3v) is 3.64. The number of hydrogen-bond donors (Lipinski definition) is 2. The highest BCUT2D eigenvalue weighted by Crippen LogP contribution is 2.24. The summed E-state index contributed by atoms with van der Waals surface area (Å²) in [6, 6.07) is 5.02. The average molecular weight is 294 g/mol. The average Bonchev–Trinajstić information content (AvgIpc) is 2.96. The molecule has 1 aliphatic rings. The van der Waals surface area contributed by atoms with Crippen molar-refractivity contribution >= 4 is 11.6 Å². The zero-order valence-electron chi connectivity index (χ0n) is 12.5. The smallest absolute Gasteiger partial charge is 0.251 e. The number of amides is 1. The standard InChI is InChI=1S/C15H22N2O4/c1-3-21-13-5-4-11(8-12(13)16)14(18)17-9-15(19-2)6-7-20-10-15/h4-5,8H,3,6-7,9-10,16H2,1-2H3,(H,17,18). The summed E-state index contributed by atoms with van der Waals surface area (Å²) in [5, 5.41) is 2.87. The highest BCUT2D eigenvalue weighted by atomic mass is 16.5. The van der Waals surface area contributed by atoms with Crippen molar-refractivity contribution in [3.8, 4) is 5.75 Å². The first-order valence-corrected chi connectivity index (χ1v) is 7.03. The van der Waals surface area contributed by atoms with Gasteiger partial charge in [0.05, 0.1) is 18.9 Å². The Morgan fingerprint density at radius 2 is 2.33 bits per heavy atom. The van der Waals surface area contributed by atoms with E-state index >= 15 is 0 Å². The third-order valence-electron chi connectivity index (χ3n) is 3.64. The molecular formula is C15H22N2O4. The van der Waals surface area contributed by atoms with E-state index in [1.54, 1.807) is 25.3 Å². The number of nitrogens with two attached hydrogens (primary N) is 1. The number of benzene rings is 1. The second-order valence-electron chi connectivity index (χ2n) is 5.06. The Morgan fingerprint density at radius 3 is 2.90 bits per heavy atom. The number of carbonyl (C=O) groups excluding carboxylic acids is 1. The second kappa shape index (κ2) is 6.78. The van der Waals surface area contributed by atoms with Gasteiger partial charge in [-0.25, -0.2) is 0 Å². The Morgan fingerprint density at radius 1 is 1.52 bits per heavy atom. The Kier molecular flexibility index (Phi) is 5.03. The van der Waals surface area contributed by atoms with E-state index in [1.165, 1.54) is 0 Å². The summed E-state index contributed by atoms with van der Waals surface area (Å²) < 4.78 is 16.2. The summed E-state index contributed by atoms with van der Waals surface area (Å²) in [6.07, 6.45) is 0.773. The van der Waals surface area contributed by atoms with E-state index in [9.17, 15) is 4.79 Å². The lowest BCUT2D eigenvalue weighted by Crippen LogP contribution is -2.45. The molecule has 6 heteroatoms. The molecule has 1 heterocycles. The fourth-order valence-corrected chi connectivity index (χ4v) is 2.28. The number of ether oxygens (including phenoxy) is 3. The van der Waals surface area contributed by atoms with Gasteiger partial charge in [-0.05, 0) is 25.1 Å². The summed E-state index contributed by atoms with van der Waals surface area (Å²) in [5.41, 5.74) is 6.40. The molecule has 3 N–H and O–H groups in total. The van der Waals surface area contributed by atoms with E-state index in [4.69, 9.17) is 19.9 Å². The maximum atomic E-state index is 12.2. The van der Waals surface area contributed by atoms with Crippen molar-refractivity contribution in [2.75, 3.05) is 39.2 Å². The van der Waals surface area contributed by atoms with Gasteiger partial charge in [0, 0.05) is 32.2 Å². The molecule has 116 valence electrons. The van der Waals surface area contributed by atoms with Crippen LogP contribution in [0.4, 0.5) is 5.69 Å². The maximum absolute atomic E-state index is 12.2. The molecule has 2 rings (SSSR count). The number of anilines is 1. The molecule has 0 aromatic heterocycles. The molecule has 1 fully saturated rings. The maximum Gasteiger partial charge on any atom is 0.251 e. The molecule has 1 unspecified atom stereocenters. The molecule has 1 atom stereocenters. The van der Waals surface area contributed by atoms with E-state index in [2.05, 4.69) is 5.32 Å². The van der Waals surface area contributed by atoms with Crippen molar-refractivity contribution in [3.05, 3.63) is 23.8 Å². The SMILES string of the molecule is CCOc1ccc(C(=O)NCC2(OC)CCOC2)cc1N. The number of hydrogen-bond acceptors (Lipinski definition) is 5. The van der Waals surface area contributed by atoms with Gasteiger partial charge in [-0.3, -0.25) is 4.79 Å². The molecule has 0 radical (unpaired) electrons. The molecular weight excluding hydrogens is 272 g/mol. The van der Waals surface area contributed by atoms with Crippen LogP contribution in [0.2, 0.25) is 0 Å². The zero-order chi connectivity index (χ0) is 15.3. The Bertz CT molecular complexity index is 498. The van der Waals surface area contributed by atoms with Gasteiger partial charge in [-0.1, -0.05) is 0 Å². The van der Waals surface area contributed by atoms with Gasteiger partial charge in [0.2, 0.25) is 0 Å². The first-order valence-electron chi connectivity index (χ1n) is 7.03. The summed E-state index contributed by atoms with van der Waals surface area (Å²) in [4.78, 5) is 12.2. The number of rotatable bonds is 6. The Labute approximate surface area is 124 Å². The van der Waals surface area contributed by atoms with Gasteiger partial charge in [0.1, 0.15) is 11.4 Å². The Hall–Kier alpha value is -1.79. The molecule has 0 spiro atoms. The molecule has 6 nitrogen and oxygen atoms in total. The van der Waals surface area contributed by atoms with Crippen molar-refractivity contribution in [2.45, 2.75) is 18.9 Å². The predicted molar refractivity (Wildman–Crippen MR) is 79.5 cm³/mol. The molecule has 1 aromatic rings. The summed E-state index contributed by atoms with van der Waals surface area (Å²) in [6.45, 7) is 3.98. The van der Waals surface area contributed by atoms with Gasteiger partial charge in [0.25, 0.3) is 5.91 Å². The first kappa shape index (κ1) is 15.6. The predicted octanol–water partition coefficient (Wildman–Crippen LogP) is 1.20. The summed E-state index contributed by atoms with van der Waals surface area (Å²) >= 11 is 0. The van der Waals surface area contributed by atoms with Crippen LogP contribution >= 0.6 is 0 Å². The zero-order valence-corrected chi connectivity index (χ0v) is 12.5. The lowest BCUT2D eigenvalue weighted by atomic mass is 10.0. The number of nitrogens with one attached hydrogen (secondary N) is 1. The quantitative estimate of drug-likeness (QED) is 0.770. The van der Waals surface area contributed by atoms with Gasteiger partial charge in [-0.15, -0.1) is 0 Å². The lowest BCUT2D eigenvalue weighted by molar-refractivity contribution is -0.0148. The van der Waals surface area contributed by atoms with Crippen molar-refractivity contribution < 1.29 is 19.0 Å². The highest BCUT2D eigenvalue weighted by Gasteiger charge is 2.35. The highest BCUT2D eigenvalue weighted by molar-refractivity contribution is 5.95. The van der Waals surface area contributed by atoms with Gasteiger partial charge < -0.3 is 25.3 Å². The monoisotopic (exact) mass is 294 g/mol. The topological polar surface area (TPSA) is 82.8 Å². The van der Waals surface area contributed by atoms with Crippen LogP contribution < -0.4 is 15.8 Å². The Balaban J connectivity index is 1.98. The lowest BCUT2D eigenvalue weighted by Gasteiger charge is -2.25. The van der Waals surface area contributed by atoms with Gasteiger partial charge >= 0.3 is 0 Å². The molecule has 0 aliphatic carbocycles. The summed E-state index contributed by atoms with van der Waals surface area (Å²) in [5.74, 6) is 0.402. The van der Waals surface area contributed by atoms with Crippen molar-refractivity contribution in [1.29, 1.82) is 0 Å². The number of nitrogen functional groups attached to an aromatic ring is 1. The van der Waals surface area contributed by atoms with Crippen LogP contribution in [0.5, 0.6) is 5.75 Å². The fourth-order valence-electron chi connectivity index (χ4n) is 2.28. The van der Waals surface area contributed by atoms with Crippen LogP contribution in [-0.4, -0.2) is 45.0 Å². The van der Waals surface area contributed by atoms with Crippen LogP contribution in [0.3, 0.4) is 0 Å². The van der Waals surface area contributed by atoms with Gasteiger partial charge in [0.15, 0.2) is 0 Å². The van der Waals surface area contributed by atoms with E-state index in [1.807, 2.05) is 6.92 Å². The second-order valence-corrected chi connectivity index (χ2v) is 5.06. The van der Waals surface area contributed by atoms with Crippen LogP contribution in [0, 0.1) is 0 Å². The largest absolute Gasteiger partial charge is 0.492 e. The normalized spacial score (nSPS) is 21.2. The van der Waals surface area contributed by atoms with E-state index < -0.39 is 5.60 Å². The van der Waals surface area contributed by atoms with Crippen LogP contribution in [0.1, 0.15) is 23.7 Å². The third kappa shape index (κ3) is 3.65. The van der Waals surface area contributed by atoms with Crippen LogP contribution in [0.25, 0.3) is 0 Å². The van der Waals surface area contributed by atoms with Crippen molar-refractivity contribution in [1.82, 2.24) is 5.32 Å².